The first-order valence-electron chi connectivity index (χ1n) is 8.28. The normalized spacial score (nSPS) is 15.2. The number of piperidine rings is 1. The van der Waals surface area contributed by atoms with Crippen LogP contribution in [0.1, 0.15) is 12.8 Å². The maximum atomic E-state index is 13.3. The van der Waals surface area contributed by atoms with Crippen molar-refractivity contribution in [2.75, 3.05) is 31.7 Å². The van der Waals surface area contributed by atoms with Gasteiger partial charge < -0.3 is 15.0 Å². The van der Waals surface area contributed by atoms with E-state index in [4.69, 9.17) is 4.74 Å². The Morgan fingerprint density at radius 1 is 1.28 bits per heavy atom. The van der Waals surface area contributed by atoms with E-state index >= 15 is 0 Å². The second-order valence-corrected chi connectivity index (χ2v) is 6.05. The average molecular weight is 344 g/mol. The van der Waals surface area contributed by atoms with Gasteiger partial charge in [0.25, 0.3) is 0 Å². The van der Waals surface area contributed by atoms with Crippen molar-refractivity contribution in [1.82, 2.24) is 15.5 Å². The van der Waals surface area contributed by atoms with Crippen molar-refractivity contribution in [2.24, 2.45) is 0 Å². The molecule has 1 amide bonds. The molecule has 6 nitrogen and oxygen atoms in total. The quantitative estimate of drug-likeness (QED) is 0.899. The number of methoxy groups -OCH3 is 1. The smallest absolute Gasteiger partial charge is 0.246 e. The Morgan fingerprint density at radius 2 is 2.08 bits per heavy atom. The van der Waals surface area contributed by atoms with Gasteiger partial charge in [0, 0.05) is 31.8 Å². The molecule has 1 saturated heterocycles. The van der Waals surface area contributed by atoms with E-state index < -0.39 is 0 Å². The Balaban J connectivity index is 1.58. The Labute approximate surface area is 146 Å². The number of hydrogen-bond acceptors (Lipinski definition) is 5. The lowest BCUT2D eigenvalue weighted by atomic mass is 10.0. The number of carbonyl (C=O) groups excluding carboxylic acids is 1. The number of halogens is 1. The molecule has 2 aromatic rings. The summed E-state index contributed by atoms with van der Waals surface area (Å²) in [5, 5.41) is 11.4. The molecule has 0 unspecified atom stereocenters. The van der Waals surface area contributed by atoms with Gasteiger partial charge in [-0.05, 0) is 37.1 Å². The highest BCUT2D eigenvalue weighted by Crippen LogP contribution is 2.21. The summed E-state index contributed by atoms with van der Waals surface area (Å²) in [5.74, 6) is 0.419. The fourth-order valence-corrected chi connectivity index (χ4v) is 2.95. The topological polar surface area (TPSA) is 67.3 Å². The number of anilines is 1. The van der Waals surface area contributed by atoms with Gasteiger partial charge in [-0.15, -0.1) is 10.2 Å². The van der Waals surface area contributed by atoms with Crippen molar-refractivity contribution in [3.05, 3.63) is 42.2 Å². The van der Waals surface area contributed by atoms with Gasteiger partial charge in [-0.1, -0.05) is 12.1 Å². The third kappa shape index (κ3) is 4.51. The number of ether oxygens (including phenoxy) is 1. The van der Waals surface area contributed by atoms with Gasteiger partial charge in [0.2, 0.25) is 5.91 Å². The first-order valence-corrected chi connectivity index (χ1v) is 8.28. The van der Waals surface area contributed by atoms with Crippen LogP contribution in [0, 0.1) is 5.82 Å². The molecule has 1 aliphatic heterocycles. The number of nitrogens with one attached hydrogen (secondary N) is 1. The highest BCUT2D eigenvalue weighted by molar-refractivity contribution is 5.77. The zero-order valence-electron chi connectivity index (χ0n) is 14.1. The molecule has 1 aromatic heterocycles. The van der Waals surface area contributed by atoms with Crippen LogP contribution in [0.3, 0.4) is 0 Å². The summed E-state index contributed by atoms with van der Waals surface area (Å²) < 4.78 is 18.1. The van der Waals surface area contributed by atoms with E-state index in [0.717, 1.165) is 31.7 Å². The molecule has 132 valence electrons. The molecule has 0 radical (unpaired) electrons. The van der Waals surface area contributed by atoms with E-state index in [2.05, 4.69) is 20.4 Å². The van der Waals surface area contributed by atoms with E-state index in [1.165, 1.54) is 19.2 Å². The van der Waals surface area contributed by atoms with Crippen molar-refractivity contribution in [3.8, 4) is 11.3 Å². The third-order valence-corrected chi connectivity index (χ3v) is 4.23. The molecule has 0 bridgehead atoms. The summed E-state index contributed by atoms with van der Waals surface area (Å²) in [6, 6.07) is 10.2. The summed E-state index contributed by atoms with van der Waals surface area (Å²) in [6.45, 7) is 1.69. The zero-order chi connectivity index (χ0) is 17.6. The van der Waals surface area contributed by atoms with Crippen LogP contribution < -0.4 is 10.2 Å². The number of hydrogen-bond donors (Lipinski definition) is 1. The van der Waals surface area contributed by atoms with Gasteiger partial charge >= 0.3 is 0 Å². The van der Waals surface area contributed by atoms with Crippen LogP contribution in [-0.4, -0.2) is 49.0 Å². The van der Waals surface area contributed by atoms with Crippen molar-refractivity contribution in [2.45, 2.75) is 18.9 Å². The summed E-state index contributed by atoms with van der Waals surface area (Å²) in [4.78, 5) is 13.7. The minimum Gasteiger partial charge on any atom is -0.375 e. The average Bonchev–Trinajstić information content (AvgIpc) is 2.63. The lowest BCUT2D eigenvalue weighted by Crippen LogP contribution is -2.45. The van der Waals surface area contributed by atoms with Crippen LogP contribution in [0.15, 0.2) is 36.4 Å². The monoisotopic (exact) mass is 344 g/mol. The van der Waals surface area contributed by atoms with Crippen molar-refractivity contribution >= 4 is 11.7 Å². The SMILES string of the molecule is COCC(=O)NC1CCN(c2ccc(-c3cccc(F)c3)nn2)CC1. The molecule has 0 spiro atoms. The Bertz CT molecular complexity index is 715. The molecule has 0 saturated carbocycles. The van der Waals surface area contributed by atoms with E-state index in [9.17, 15) is 9.18 Å². The van der Waals surface area contributed by atoms with Gasteiger partial charge in [-0.3, -0.25) is 4.79 Å². The number of nitrogens with zero attached hydrogens (tertiary/aromatic N) is 3. The molecule has 1 aliphatic rings. The second-order valence-electron chi connectivity index (χ2n) is 6.05. The summed E-state index contributed by atoms with van der Waals surface area (Å²) >= 11 is 0. The minimum atomic E-state index is -0.291. The molecule has 1 N–H and O–H groups in total. The molecule has 1 aromatic carbocycles. The maximum Gasteiger partial charge on any atom is 0.246 e. The maximum absolute atomic E-state index is 13.3. The van der Waals surface area contributed by atoms with E-state index in [1.54, 1.807) is 12.1 Å². The van der Waals surface area contributed by atoms with Crippen LogP contribution in [-0.2, 0) is 9.53 Å². The van der Waals surface area contributed by atoms with Gasteiger partial charge in [-0.2, -0.15) is 0 Å². The molecule has 7 heteroatoms. The third-order valence-electron chi connectivity index (χ3n) is 4.23. The zero-order valence-corrected chi connectivity index (χ0v) is 14.1. The van der Waals surface area contributed by atoms with Gasteiger partial charge in [0.05, 0.1) is 5.69 Å². The first-order chi connectivity index (χ1) is 12.2. The summed E-state index contributed by atoms with van der Waals surface area (Å²) in [5.41, 5.74) is 1.35. The highest BCUT2D eigenvalue weighted by Gasteiger charge is 2.21. The number of carbonyl (C=O) groups is 1. The van der Waals surface area contributed by atoms with E-state index in [1.807, 2.05) is 12.1 Å². The predicted molar refractivity (Wildman–Crippen MR) is 92.7 cm³/mol. The van der Waals surface area contributed by atoms with Crippen LogP contribution in [0.2, 0.25) is 0 Å². The number of benzene rings is 1. The van der Waals surface area contributed by atoms with Crippen molar-refractivity contribution in [3.63, 3.8) is 0 Å². The van der Waals surface area contributed by atoms with E-state index in [0.29, 0.717) is 11.3 Å². The molecule has 2 heterocycles. The van der Waals surface area contributed by atoms with Gasteiger partial charge in [-0.25, -0.2) is 4.39 Å². The molecule has 0 atom stereocenters. The molecule has 25 heavy (non-hydrogen) atoms. The highest BCUT2D eigenvalue weighted by atomic mass is 19.1. The summed E-state index contributed by atoms with van der Waals surface area (Å²) in [7, 11) is 1.51. The van der Waals surface area contributed by atoms with Crippen LogP contribution in [0.5, 0.6) is 0 Å². The molecular weight excluding hydrogens is 323 g/mol. The van der Waals surface area contributed by atoms with Gasteiger partial charge in [0.15, 0.2) is 5.82 Å². The van der Waals surface area contributed by atoms with Crippen molar-refractivity contribution < 1.29 is 13.9 Å². The minimum absolute atomic E-state index is 0.0832. The lowest BCUT2D eigenvalue weighted by Gasteiger charge is -2.32. The molecule has 3 rings (SSSR count). The Morgan fingerprint density at radius 3 is 2.72 bits per heavy atom. The van der Waals surface area contributed by atoms with E-state index in [-0.39, 0.29) is 24.4 Å². The molecule has 0 aliphatic carbocycles. The fourth-order valence-electron chi connectivity index (χ4n) is 2.95. The second kappa shape index (κ2) is 8.02. The number of amides is 1. The standard InChI is InChI=1S/C18H21FN4O2/c1-25-12-18(24)20-15-7-9-23(10-8-15)17-6-5-16(21-22-17)13-3-2-4-14(19)11-13/h2-6,11,15H,7-10,12H2,1H3,(H,20,24). The fraction of sp³-hybridized carbons (Fsp3) is 0.389. The number of rotatable bonds is 5. The van der Waals surface area contributed by atoms with Crippen LogP contribution >= 0.6 is 0 Å². The van der Waals surface area contributed by atoms with Crippen LogP contribution in [0.25, 0.3) is 11.3 Å². The first kappa shape index (κ1) is 17.3. The predicted octanol–water partition coefficient (Wildman–Crippen LogP) is 2.01. The van der Waals surface area contributed by atoms with Crippen LogP contribution in [0.4, 0.5) is 10.2 Å². The number of aromatic nitrogens is 2. The molecular formula is C18H21FN4O2. The molecule has 1 fully saturated rings. The Kier molecular flexibility index (Phi) is 5.55. The van der Waals surface area contributed by atoms with Crippen molar-refractivity contribution in [1.29, 1.82) is 0 Å². The summed E-state index contributed by atoms with van der Waals surface area (Å²) in [6.07, 6.45) is 1.70. The Hall–Kier alpha value is -2.54. The lowest BCUT2D eigenvalue weighted by molar-refractivity contribution is -0.125. The largest absolute Gasteiger partial charge is 0.375 e. The van der Waals surface area contributed by atoms with Gasteiger partial charge in [0.1, 0.15) is 12.4 Å².